The van der Waals surface area contributed by atoms with Crippen LogP contribution in [0.25, 0.3) is 0 Å². The molecule has 0 rings (SSSR count). The van der Waals surface area contributed by atoms with Gasteiger partial charge < -0.3 is 0 Å². The maximum Gasteiger partial charge on any atom is -0.0354 e. The molecule has 0 aromatic heterocycles. The molecule has 0 aromatic carbocycles. The number of unbranched alkanes of at least 4 members (excludes halogenated alkanes) is 2. The van der Waals surface area contributed by atoms with E-state index in [0.717, 1.165) is 0 Å². The SMILES string of the molecule is CCCCPCCCC. The van der Waals surface area contributed by atoms with Gasteiger partial charge >= 0.3 is 0 Å². The van der Waals surface area contributed by atoms with Gasteiger partial charge in [0.15, 0.2) is 0 Å². The fourth-order valence-electron chi connectivity index (χ4n) is 0.729. The molecular formula is C8H19P. The first-order chi connectivity index (χ1) is 4.41. The zero-order valence-corrected chi connectivity index (χ0v) is 7.74. The Morgan fingerprint density at radius 3 is 1.67 bits per heavy atom. The fourth-order valence-corrected chi connectivity index (χ4v) is 2.19. The molecule has 0 N–H and O–H groups in total. The average molecular weight is 146 g/mol. The van der Waals surface area contributed by atoms with Gasteiger partial charge in [0.05, 0.1) is 0 Å². The van der Waals surface area contributed by atoms with Crippen LogP contribution in [0.15, 0.2) is 0 Å². The summed E-state index contributed by atoms with van der Waals surface area (Å²) in [7, 11) is 1.25. The molecule has 0 aliphatic carbocycles. The van der Waals surface area contributed by atoms with Crippen molar-refractivity contribution in [2.75, 3.05) is 12.3 Å². The lowest BCUT2D eigenvalue weighted by molar-refractivity contribution is 0.874. The van der Waals surface area contributed by atoms with Crippen LogP contribution in [0.5, 0.6) is 0 Å². The van der Waals surface area contributed by atoms with E-state index in [0.29, 0.717) is 0 Å². The number of rotatable bonds is 6. The van der Waals surface area contributed by atoms with Gasteiger partial charge in [-0.25, -0.2) is 0 Å². The van der Waals surface area contributed by atoms with Gasteiger partial charge in [-0.1, -0.05) is 26.7 Å². The molecule has 0 bridgehead atoms. The van der Waals surface area contributed by atoms with Crippen LogP contribution in [0.1, 0.15) is 39.5 Å². The second-order valence-electron chi connectivity index (χ2n) is 2.46. The molecule has 1 heteroatoms. The summed E-state index contributed by atoms with van der Waals surface area (Å²) in [5.74, 6) is 0. The molecule has 0 radical (unpaired) electrons. The Morgan fingerprint density at radius 2 is 1.33 bits per heavy atom. The molecule has 0 unspecified atom stereocenters. The minimum Gasteiger partial charge on any atom is -0.122 e. The Kier molecular flexibility index (Phi) is 8.83. The van der Waals surface area contributed by atoms with Crippen molar-refractivity contribution < 1.29 is 0 Å². The van der Waals surface area contributed by atoms with Crippen molar-refractivity contribution in [2.24, 2.45) is 0 Å². The maximum atomic E-state index is 2.27. The topological polar surface area (TPSA) is 0 Å². The lowest BCUT2D eigenvalue weighted by Gasteiger charge is -1.96. The van der Waals surface area contributed by atoms with E-state index in [2.05, 4.69) is 13.8 Å². The largest absolute Gasteiger partial charge is 0.122 e. The predicted octanol–water partition coefficient (Wildman–Crippen LogP) is 3.27. The fraction of sp³-hybridized carbons (Fsp3) is 1.00. The lowest BCUT2D eigenvalue weighted by Crippen LogP contribution is -1.78. The van der Waals surface area contributed by atoms with Gasteiger partial charge in [0.2, 0.25) is 0 Å². The Labute approximate surface area is 61.2 Å². The molecule has 0 atom stereocenters. The molecule has 0 aromatic rings. The van der Waals surface area contributed by atoms with Crippen molar-refractivity contribution in [3.05, 3.63) is 0 Å². The van der Waals surface area contributed by atoms with E-state index in [1.807, 2.05) is 0 Å². The first-order valence-electron chi connectivity index (χ1n) is 4.12. The highest BCUT2D eigenvalue weighted by Crippen LogP contribution is 2.14. The average Bonchev–Trinajstić information content (AvgIpc) is 1.89. The van der Waals surface area contributed by atoms with E-state index in [1.54, 1.807) is 0 Å². The van der Waals surface area contributed by atoms with E-state index in [9.17, 15) is 0 Å². The van der Waals surface area contributed by atoms with Crippen LogP contribution in [-0.4, -0.2) is 12.3 Å². The van der Waals surface area contributed by atoms with Crippen molar-refractivity contribution in [2.45, 2.75) is 39.5 Å². The monoisotopic (exact) mass is 146 g/mol. The molecule has 0 saturated heterocycles. The van der Waals surface area contributed by atoms with Gasteiger partial charge in [0.1, 0.15) is 0 Å². The summed E-state index contributed by atoms with van der Waals surface area (Å²) in [6, 6.07) is 0. The van der Waals surface area contributed by atoms with Crippen molar-refractivity contribution in [1.29, 1.82) is 0 Å². The Morgan fingerprint density at radius 1 is 0.889 bits per heavy atom. The molecular weight excluding hydrogens is 127 g/mol. The van der Waals surface area contributed by atoms with Crippen molar-refractivity contribution in [3.8, 4) is 0 Å². The van der Waals surface area contributed by atoms with Gasteiger partial charge in [0.25, 0.3) is 0 Å². The zero-order chi connectivity index (χ0) is 6.95. The molecule has 0 aliphatic heterocycles. The van der Waals surface area contributed by atoms with Crippen molar-refractivity contribution in [3.63, 3.8) is 0 Å². The highest BCUT2D eigenvalue weighted by atomic mass is 31.1. The molecule has 0 aliphatic rings. The molecule has 0 amide bonds. The third-order valence-corrected chi connectivity index (χ3v) is 2.83. The third-order valence-electron chi connectivity index (χ3n) is 1.41. The molecule has 0 spiro atoms. The highest BCUT2D eigenvalue weighted by Gasteiger charge is 1.85. The molecule has 0 saturated carbocycles. The van der Waals surface area contributed by atoms with Crippen LogP contribution >= 0.6 is 8.58 Å². The van der Waals surface area contributed by atoms with E-state index in [4.69, 9.17) is 0 Å². The van der Waals surface area contributed by atoms with E-state index in [1.165, 1.54) is 46.6 Å². The van der Waals surface area contributed by atoms with E-state index in [-0.39, 0.29) is 0 Å². The minimum atomic E-state index is 1.25. The summed E-state index contributed by atoms with van der Waals surface area (Å²) < 4.78 is 0. The molecule has 56 valence electrons. The van der Waals surface area contributed by atoms with Crippen LogP contribution in [0.2, 0.25) is 0 Å². The minimum absolute atomic E-state index is 1.25. The Balaban J connectivity index is 2.60. The summed E-state index contributed by atoms with van der Waals surface area (Å²) in [4.78, 5) is 0. The summed E-state index contributed by atoms with van der Waals surface area (Å²) in [6.07, 6.45) is 8.61. The quantitative estimate of drug-likeness (QED) is 0.398. The van der Waals surface area contributed by atoms with Gasteiger partial charge in [-0.05, 0) is 25.2 Å². The predicted molar refractivity (Wildman–Crippen MR) is 47.9 cm³/mol. The van der Waals surface area contributed by atoms with Gasteiger partial charge in [0, 0.05) is 0 Å². The lowest BCUT2D eigenvalue weighted by atomic mass is 10.4. The normalized spacial score (nSPS) is 10.0. The Bertz CT molecular complexity index is 37.8. The summed E-state index contributed by atoms with van der Waals surface area (Å²) in [5, 5.41) is 0. The smallest absolute Gasteiger partial charge is 0.0354 e. The molecule has 0 nitrogen and oxygen atoms in total. The standard InChI is InChI=1S/C8H19P/c1-3-5-7-9-8-6-4-2/h9H,3-8H2,1-2H3. The highest BCUT2D eigenvalue weighted by molar-refractivity contribution is 7.37. The first kappa shape index (κ1) is 9.43. The van der Waals surface area contributed by atoms with Crippen LogP contribution in [0, 0.1) is 0 Å². The van der Waals surface area contributed by atoms with E-state index < -0.39 is 0 Å². The van der Waals surface area contributed by atoms with Crippen molar-refractivity contribution >= 4 is 8.58 Å². The summed E-state index contributed by atoms with van der Waals surface area (Å²) in [5.41, 5.74) is 0. The summed E-state index contributed by atoms with van der Waals surface area (Å²) in [6.45, 7) is 4.54. The van der Waals surface area contributed by atoms with Crippen molar-refractivity contribution in [1.82, 2.24) is 0 Å². The van der Waals surface area contributed by atoms with Gasteiger partial charge in [-0.15, -0.1) is 8.58 Å². The van der Waals surface area contributed by atoms with Crippen LogP contribution in [-0.2, 0) is 0 Å². The maximum absolute atomic E-state index is 2.27. The second-order valence-corrected chi connectivity index (χ2v) is 3.96. The molecule has 0 heterocycles. The van der Waals surface area contributed by atoms with Crippen LogP contribution in [0.3, 0.4) is 0 Å². The molecule has 9 heavy (non-hydrogen) atoms. The summed E-state index contributed by atoms with van der Waals surface area (Å²) >= 11 is 0. The van der Waals surface area contributed by atoms with Crippen LogP contribution < -0.4 is 0 Å². The van der Waals surface area contributed by atoms with Gasteiger partial charge in [-0.3, -0.25) is 0 Å². The Hall–Kier alpha value is 0.430. The third kappa shape index (κ3) is 8.43. The van der Waals surface area contributed by atoms with Crippen LogP contribution in [0.4, 0.5) is 0 Å². The van der Waals surface area contributed by atoms with E-state index >= 15 is 0 Å². The second kappa shape index (κ2) is 8.43. The van der Waals surface area contributed by atoms with Gasteiger partial charge in [-0.2, -0.15) is 0 Å². The first-order valence-corrected chi connectivity index (χ1v) is 5.54. The zero-order valence-electron chi connectivity index (χ0n) is 6.74. The molecule has 0 fully saturated rings. The number of hydrogen-bond donors (Lipinski definition) is 0. The number of hydrogen-bond acceptors (Lipinski definition) is 0.